The predicted molar refractivity (Wildman–Crippen MR) is 182 cm³/mol. The van der Waals surface area contributed by atoms with Gasteiger partial charge in [-0.15, -0.1) is 0 Å². The summed E-state index contributed by atoms with van der Waals surface area (Å²) >= 11 is 3.53. The van der Waals surface area contributed by atoms with Crippen LogP contribution in [0.5, 0.6) is 0 Å². The molecule has 1 aliphatic carbocycles. The summed E-state index contributed by atoms with van der Waals surface area (Å²) in [4.78, 5) is 27.9. The fraction of sp³-hybridized carbons (Fsp3) is 0.459. The molecule has 0 amide bonds. The fourth-order valence-electron chi connectivity index (χ4n) is 5.92. The molecule has 2 N–H and O–H groups in total. The highest BCUT2D eigenvalue weighted by Gasteiger charge is 2.37. The highest BCUT2D eigenvalue weighted by molar-refractivity contribution is 9.10. The van der Waals surface area contributed by atoms with Crippen LogP contribution < -0.4 is 5.73 Å². The van der Waals surface area contributed by atoms with Crippen molar-refractivity contribution in [1.82, 2.24) is 4.90 Å². The summed E-state index contributed by atoms with van der Waals surface area (Å²) in [7, 11) is 0. The monoisotopic (exact) mass is 680 g/mol. The Labute approximate surface area is 275 Å². The summed E-state index contributed by atoms with van der Waals surface area (Å²) < 4.78 is 26.9. The second kappa shape index (κ2) is 16.9. The first-order valence-electron chi connectivity index (χ1n) is 16.2. The smallest absolute Gasteiger partial charge is 0.348 e. The van der Waals surface area contributed by atoms with E-state index in [4.69, 9.17) is 15.2 Å². The molecule has 1 fully saturated rings. The number of nitrogens with two attached hydrogens (primary N) is 1. The third-order valence-electron chi connectivity index (χ3n) is 8.60. The normalized spacial score (nSPS) is 15.0. The minimum atomic E-state index is -2.25. The van der Waals surface area contributed by atoms with Gasteiger partial charge in [-0.05, 0) is 96.7 Å². The van der Waals surface area contributed by atoms with Gasteiger partial charge in [-0.25, -0.2) is 14.0 Å². The molecule has 242 valence electrons. The van der Waals surface area contributed by atoms with E-state index in [-0.39, 0.29) is 18.8 Å². The number of nitrogens with zero attached hydrogens (tertiary/aromatic N) is 1. The lowest BCUT2D eigenvalue weighted by Crippen LogP contribution is -2.37. The van der Waals surface area contributed by atoms with Crippen molar-refractivity contribution in [3.63, 3.8) is 0 Å². The maximum atomic E-state index is 15.4. The molecule has 6 nitrogen and oxygen atoms in total. The lowest BCUT2D eigenvalue weighted by molar-refractivity contribution is -0.157. The van der Waals surface area contributed by atoms with Gasteiger partial charge in [0.05, 0.1) is 24.5 Å². The van der Waals surface area contributed by atoms with Gasteiger partial charge in [0, 0.05) is 22.6 Å². The van der Waals surface area contributed by atoms with E-state index < -0.39 is 17.6 Å². The van der Waals surface area contributed by atoms with Crippen molar-refractivity contribution >= 4 is 33.6 Å². The van der Waals surface area contributed by atoms with E-state index in [1.807, 2.05) is 36.4 Å². The summed E-state index contributed by atoms with van der Waals surface area (Å²) in [5.74, 6) is -1.30. The molecule has 0 aromatic heterocycles. The van der Waals surface area contributed by atoms with Gasteiger partial charge in [-0.2, -0.15) is 0 Å². The Kier molecular flexibility index (Phi) is 13.0. The van der Waals surface area contributed by atoms with E-state index in [0.29, 0.717) is 47.6 Å². The van der Waals surface area contributed by atoms with Crippen LogP contribution in [0.2, 0.25) is 0 Å². The summed E-state index contributed by atoms with van der Waals surface area (Å²) in [6, 6.07) is 20.8. The number of anilines is 1. The SMILES string of the molecule is CCCN(Cc1cc(C(=O)OCCCCCOC(=O)C(C)(F)c2ccc(-c3ccccc3)cc2)cc(Br)c1N)C1CCCCC1. The molecule has 1 unspecified atom stereocenters. The van der Waals surface area contributed by atoms with Crippen LogP contribution in [-0.4, -0.2) is 42.6 Å². The highest BCUT2D eigenvalue weighted by Crippen LogP contribution is 2.31. The first-order valence-corrected chi connectivity index (χ1v) is 17.0. The van der Waals surface area contributed by atoms with Crippen molar-refractivity contribution in [3.05, 3.63) is 87.9 Å². The molecule has 1 aliphatic rings. The lowest BCUT2D eigenvalue weighted by atomic mass is 9.93. The highest BCUT2D eigenvalue weighted by atomic mass is 79.9. The summed E-state index contributed by atoms with van der Waals surface area (Å²) in [5.41, 5.74) is 8.45. The number of carbonyl (C=O) groups is 2. The number of rotatable bonds is 15. The van der Waals surface area contributed by atoms with Crippen LogP contribution >= 0.6 is 15.9 Å². The van der Waals surface area contributed by atoms with Crippen LogP contribution in [0.1, 0.15) is 93.1 Å². The quantitative estimate of drug-likeness (QED) is 0.0980. The van der Waals surface area contributed by atoms with Crippen molar-refractivity contribution < 1.29 is 23.5 Å². The van der Waals surface area contributed by atoms with E-state index in [1.54, 1.807) is 30.3 Å². The topological polar surface area (TPSA) is 81.9 Å². The minimum absolute atomic E-state index is 0.0952. The Morgan fingerprint density at radius 3 is 2.24 bits per heavy atom. The van der Waals surface area contributed by atoms with Gasteiger partial charge in [0.25, 0.3) is 0 Å². The van der Waals surface area contributed by atoms with Crippen LogP contribution in [-0.2, 0) is 26.5 Å². The van der Waals surface area contributed by atoms with Crippen LogP contribution in [0.3, 0.4) is 0 Å². The molecule has 3 aromatic rings. The molecule has 0 radical (unpaired) electrons. The molecule has 8 heteroatoms. The molecular formula is C37H46BrFN2O4. The van der Waals surface area contributed by atoms with Gasteiger partial charge < -0.3 is 15.2 Å². The number of ether oxygens (including phenoxy) is 2. The molecule has 0 spiro atoms. The number of esters is 2. The van der Waals surface area contributed by atoms with Crippen LogP contribution in [0, 0.1) is 0 Å². The van der Waals surface area contributed by atoms with E-state index in [0.717, 1.165) is 29.7 Å². The van der Waals surface area contributed by atoms with E-state index in [2.05, 4.69) is 27.8 Å². The Bertz CT molecular complexity index is 1390. The van der Waals surface area contributed by atoms with Gasteiger partial charge in [-0.1, -0.05) is 80.8 Å². The van der Waals surface area contributed by atoms with Crippen LogP contribution in [0.4, 0.5) is 10.1 Å². The molecule has 0 aliphatic heterocycles. The Morgan fingerprint density at radius 2 is 1.58 bits per heavy atom. The number of alkyl halides is 1. The van der Waals surface area contributed by atoms with E-state index >= 15 is 4.39 Å². The zero-order chi connectivity index (χ0) is 32.2. The Morgan fingerprint density at radius 1 is 0.933 bits per heavy atom. The number of halogens is 2. The molecule has 0 bridgehead atoms. The minimum Gasteiger partial charge on any atom is -0.463 e. The first kappa shape index (κ1) is 34.6. The average molecular weight is 682 g/mol. The van der Waals surface area contributed by atoms with Crippen molar-refractivity contribution in [1.29, 1.82) is 0 Å². The van der Waals surface area contributed by atoms with Crippen molar-refractivity contribution in [2.75, 3.05) is 25.5 Å². The molecule has 1 saturated carbocycles. The number of benzene rings is 3. The number of nitrogen functional groups attached to an aromatic ring is 1. The van der Waals surface area contributed by atoms with E-state index in [1.165, 1.54) is 39.0 Å². The lowest BCUT2D eigenvalue weighted by Gasteiger charge is -2.34. The van der Waals surface area contributed by atoms with Crippen molar-refractivity contribution in [2.24, 2.45) is 0 Å². The maximum absolute atomic E-state index is 15.4. The van der Waals surface area contributed by atoms with Gasteiger partial charge in [0.1, 0.15) is 0 Å². The van der Waals surface area contributed by atoms with Crippen molar-refractivity contribution in [2.45, 2.75) is 89.9 Å². The number of unbranched alkanes of at least 4 members (excludes halogenated alkanes) is 2. The molecule has 0 heterocycles. The second-order valence-corrected chi connectivity index (χ2v) is 12.9. The summed E-state index contributed by atoms with van der Waals surface area (Å²) in [5, 5.41) is 0. The third-order valence-corrected chi connectivity index (χ3v) is 9.25. The third kappa shape index (κ3) is 9.63. The van der Waals surface area contributed by atoms with Crippen molar-refractivity contribution in [3.8, 4) is 11.1 Å². The molecular weight excluding hydrogens is 635 g/mol. The first-order chi connectivity index (χ1) is 21.7. The van der Waals surface area contributed by atoms with Gasteiger partial charge >= 0.3 is 11.9 Å². The number of carbonyl (C=O) groups excluding carboxylic acids is 2. The fourth-order valence-corrected chi connectivity index (χ4v) is 6.42. The zero-order valence-electron chi connectivity index (χ0n) is 26.5. The molecule has 4 rings (SSSR count). The Hall–Kier alpha value is -3.23. The van der Waals surface area contributed by atoms with Crippen LogP contribution in [0.25, 0.3) is 11.1 Å². The molecule has 3 aromatic carbocycles. The molecule has 45 heavy (non-hydrogen) atoms. The van der Waals surface area contributed by atoms with Gasteiger partial charge in [0.15, 0.2) is 0 Å². The maximum Gasteiger partial charge on any atom is 0.348 e. The second-order valence-electron chi connectivity index (χ2n) is 12.1. The van der Waals surface area contributed by atoms with Gasteiger partial charge in [0.2, 0.25) is 5.67 Å². The zero-order valence-corrected chi connectivity index (χ0v) is 28.1. The van der Waals surface area contributed by atoms with E-state index in [9.17, 15) is 9.59 Å². The largest absolute Gasteiger partial charge is 0.463 e. The molecule has 1 atom stereocenters. The Balaban J connectivity index is 1.20. The summed E-state index contributed by atoms with van der Waals surface area (Å²) in [6.45, 7) is 5.46. The summed E-state index contributed by atoms with van der Waals surface area (Å²) in [6.07, 6.45) is 9.11. The van der Waals surface area contributed by atoms with Gasteiger partial charge in [-0.3, -0.25) is 4.90 Å². The molecule has 0 saturated heterocycles. The number of hydrogen-bond donors (Lipinski definition) is 1. The van der Waals surface area contributed by atoms with Crippen LogP contribution in [0.15, 0.2) is 71.2 Å². The standard InChI is InChI=1S/C37H46BrFN2O4/c1-3-21-41(32-15-9-5-10-16-32)26-30-24-29(25-33(38)34(30)40)35(42)44-22-11-6-12-23-45-36(43)37(2,39)31-19-17-28(18-20-31)27-13-7-4-8-14-27/h4,7-8,13-14,17-20,24-25,32H,3,5-6,9-12,15-16,21-23,26,40H2,1-2H3. The number of hydrogen-bond acceptors (Lipinski definition) is 6. The average Bonchev–Trinajstić information content (AvgIpc) is 3.06. The predicted octanol–water partition coefficient (Wildman–Crippen LogP) is 9.00.